The number of amides is 2. The number of carbonyl (C=O) groups is 2. The van der Waals surface area contributed by atoms with Crippen molar-refractivity contribution in [2.24, 2.45) is 0 Å². The van der Waals surface area contributed by atoms with Gasteiger partial charge in [0.1, 0.15) is 6.04 Å². The molecule has 2 N–H and O–H groups in total. The largest absolute Gasteiger partial charge is 0.369 e. The van der Waals surface area contributed by atoms with Gasteiger partial charge in [-0.05, 0) is 24.6 Å². The van der Waals surface area contributed by atoms with Crippen LogP contribution in [0.25, 0.3) is 10.9 Å². The van der Waals surface area contributed by atoms with Gasteiger partial charge in [-0.2, -0.15) is 5.10 Å². The van der Waals surface area contributed by atoms with Crippen LogP contribution in [0.3, 0.4) is 0 Å². The number of anilines is 1. The number of nitrogens with zero attached hydrogens (tertiary/aromatic N) is 3. The molecule has 2 amide bonds. The maximum absolute atomic E-state index is 12.1. The van der Waals surface area contributed by atoms with Crippen molar-refractivity contribution < 1.29 is 9.59 Å². The second-order valence-electron chi connectivity index (χ2n) is 6.04. The van der Waals surface area contributed by atoms with Crippen LogP contribution in [0.5, 0.6) is 0 Å². The Bertz CT molecular complexity index is 763. The molecule has 23 heavy (non-hydrogen) atoms. The third kappa shape index (κ3) is 2.57. The van der Waals surface area contributed by atoms with Crippen LogP contribution in [0.15, 0.2) is 24.4 Å². The molecule has 2 fully saturated rings. The molecule has 0 saturated carbocycles. The zero-order valence-corrected chi connectivity index (χ0v) is 12.8. The molecular formula is C16H19N5O2. The summed E-state index contributed by atoms with van der Waals surface area (Å²) in [6.45, 7) is 3.97. The Morgan fingerprint density at radius 2 is 2.00 bits per heavy atom. The number of aromatic nitrogens is 2. The lowest BCUT2D eigenvalue weighted by atomic mass is 10.1. The molecule has 1 aromatic carbocycles. The highest BCUT2D eigenvalue weighted by Crippen LogP contribution is 2.27. The maximum atomic E-state index is 12.1. The molecule has 2 saturated heterocycles. The highest BCUT2D eigenvalue weighted by Gasteiger charge is 2.29. The number of piperazine rings is 1. The van der Waals surface area contributed by atoms with Crippen LogP contribution in [0.4, 0.5) is 5.69 Å². The lowest BCUT2D eigenvalue weighted by molar-refractivity contribution is -0.135. The predicted molar refractivity (Wildman–Crippen MR) is 86.2 cm³/mol. The molecule has 7 heteroatoms. The second kappa shape index (κ2) is 5.66. The molecule has 1 aromatic heterocycles. The van der Waals surface area contributed by atoms with Gasteiger partial charge in [0.2, 0.25) is 5.91 Å². The van der Waals surface area contributed by atoms with Gasteiger partial charge in [-0.3, -0.25) is 19.6 Å². The fourth-order valence-corrected chi connectivity index (χ4v) is 3.32. The van der Waals surface area contributed by atoms with Gasteiger partial charge in [0.15, 0.2) is 0 Å². The van der Waals surface area contributed by atoms with E-state index in [-0.39, 0.29) is 11.8 Å². The number of carbonyl (C=O) groups excluding carboxylic acids is 2. The summed E-state index contributed by atoms with van der Waals surface area (Å²) in [6, 6.07) is 5.81. The summed E-state index contributed by atoms with van der Waals surface area (Å²) in [7, 11) is 0. The van der Waals surface area contributed by atoms with E-state index >= 15 is 0 Å². The van der Waals surface area contributed by atoms with Crippen LogP contribution in [0.2, 0.25) is 0 Å². The SMILES string of the molecule is O=C1CCC(n2ncc3cc(N4CCNCC4)ccc32)C(=O)N1. The highest BCUT2D eigenvalue weighted by atomic mass is 16.2. The molecule has 1 unspecified atom stereocenters. The number of nitrogens with one attached hydrogen (secondary N) is 2. The molecule has 4 rings (SSSR count). The average molecular weight is 313 g/mol. The molecule has 120 valence electrons. The lowest BCUT2D eigenvalue weighted by Gasteiger charge is -2.29. The standard InChI is InChI=1S/C16H19N5O2/c22-15-4-3-14(16(23)19-15)21-13-2-1-12(9-11(13)10-18-21)20-7-5-17-6-8-20/h1-2,9-10,14,17H,3-8H2,(H,19,22,23). The van der Waals surface area contributed by atoms with E-state index in [1.165, 1.54) is 5.69 Å². The molecule has 0 bridgehead atoms. The van der Waals surface area contributed by atoms with Crippen molar-refractivity contribution in [2.75, 3.05) is 31.1 Å². The van der Waals surface area contributed by atoms with Crippen molar-refractivity contribution in [3.63, 3.8) is 0 Å². The van der Waals surface area contributed by atoms with Crippen molar-refractivity contribution >= 4 is 28.4 Å². The van der Waals surface area contributed by atoms with E-state index in [1.807, 2.05) is 6.07 Å². The van der Waals surface area contributed by atoms with Crippen LogP contribution in [-0.4, -0.2) is 47.8 Å². The Kier molecular flexibility index (Phi) is 3.49. The molecule has 3 heterocycles. The number of imide groups is 1. The van der Waals surface area contributed by atoms with Gasteiger partial charge >= 0.3 is 0 Å². The molecule has 2 aliphatic heterocycles. The fraction of sp³-hybridized carbons (Fsp3) is 0.438. The third-order valence-electron chi connectivity index (χ3n) is 4.57. The smallest absolute Gasteiger partial charge is 0.251 e. The summed E-state index contributed by atoms with van der Waals surface area (Å²) in [5.74, 6) is -0.471. The van der Waals surface area contributed by atoms with E-state index < -0.39 is 6.04 Å². The molecule has 2 aliphatic rings. The number of benzene rings is 1. The Hall–Kier alpha value is -2.41. The first-order valence-electron chi connectivity index (χ1n) is 7.99. The summed E-state index contributed by atoms with van der Waals surface area (Å²) in [5, 5.41) is 11.2. The van der Waals surface area contributed by atoms with Gasteiger partial charge in [-0.25, -0.2) is 0 Å². The Labute approximate surface area is 133 Å². The highest BCUT2D eigenvalue weighted by molar-refractivity contribution is 6.00. The van der Waals surface area contributed by atoms with Crippen LogP contribution < -0.4 is 15.5 Å². The van der Waals surface area contributed by atoms with Gasteiger partial charge < -0.3 is 10.2 Å². The van der Waals surface area contributed by atoms with E-state index in [0.717, 1.165) is 37.1 Å². The Morgan fingerprint density at radius 1 is 1.17 bits per heavy atom. The number of rotatable bonds is 2. The summed E-state index contributed by atoms with van der Waals surface area (Å²) in [6.07, 6.45) is 2.66. The third-order valence-corrected chi connectivity index (χ3v) is 4.57. The molecule has 0 aliphatic carbocycles. The summed E-state index contributed by atoms with van der Waals surface area (Å²) in [5.41, 5.74) is 2.11. The molecule has 1 atom stereocenters. The number of piperidine rings is 1. The van der Waals surface area contributed by atoms with Crippen molar-refractivity contribution in [3.8, 4) is 0 Å². The van der Waals surface area contributed by atoms with Gasteiger partial charge in [-0.15, -0.1) is 0 Å². The summed E-state index contributed by atoms with van der Waals surface area (Å²) in [4.78, 5) is 25.7. The first-order valence-corrected chi connectivity index (χ1v) is 7.99. The van der Waals surface area contributed by atoms with E-state index in [9.17, 15) is 9.59 Å². The van der Waals surface area contributed by atoms with Gasteiger partial charge in [0, 0.05) is 43.7 Å². The Morgan fingerprint density at radius 3 is 2.78 bits per heavy atom. The second-order valence-corrected chi connectivity index (χ2v) is 6.04. The minimum atomic E-state index is -0.407. The lowest BCUT2D eigenvalue weighted by Crippen LogP contribution is -2.43. The normalized spacial score (nSPS) is 22.4. The monoisotopic (exact) mass is 313 g/mol. The van der Waals surface area contributed by atoms with Crippen LogP contribution >= 0.6 is 0 Å². The summed E-state index contributed by atoms with van der Waals surface area (Å²) >= 11 is 0. The molecule has 2 aromatic rings. The van der Waals surface area contributed by atoms with E-state index in [0.29, 0.717) is 12.8 Å². The Balaban J connectivity index is 1.65. The predicted octanol–water partition coefficient (Wildman–Crippen LogP) is 0.424. The molecular weight excluding hydrogens is 294 g/mol. The molecule has 0 radical (unpaired) electrons. The number of hydrogen-bond donors (Lipinski definition) is 2. The first kappa shape index (κ1) is 14.2. The van der Waals surface area contributed by atoms with Crippen molar-refractivity contribution in [2.45, 2.75) is 18.9 Å². The minimum absolute atomic E-state index is 0.205. The topological polar surface area (TPSA) is 79.3 Å². The van der Waals surface area contributed by atoms with Gasteiger partial charge in [0.05, 0.1) is 11.7 Å². The van der Waals surface area contributed by atoms with Crippen molar-refractivity contribution in [1.82, 2.24) is 20.4 Å². The van der Waals surface area contributed by atoms with Crippen LogP contribution in [-0.2, 0) is 9.59 Å². The zero-order valence-electron chi connectivity index (χ0n) is 12.8. The fourth-order valence-electron chi connectivity index (χ4n) is 3.32. The first-order chi connectivity index (χ1) is 11.2. The van der Waals surface area contributed by atoms with Crippen LogP contribution in [0.1, 0.15) is 18.9 Å². The quantitative estimate of drug-likeness (QED) is 0.786. The van der Waals surface area contributed by atoms with Gasteiger partial charge in [-0.1, -0.05) is 0 Å². The van der Waals surface area contributed by atoms with Gasteiger partial charge in [0.25, 0.3) is 5.91 Å². The van der Waals surface area contributed by atoms with E-state index in [4.69, 9.17) is 0 Å². The van der Waals surface area contributed by atoms with E-state index in [1.54, 1.807) is 10.9 Å². The summed E-state index contributed by atoms with van der Waals surface area (Å²) < 4.78 is 1.73. The molecule has 7 nitrogen and oxygen atoms in total. The average Bonchev–Trinajstić information content (AvgIpc) is 2.99. The van der Waals surface area contributed by atoms with Crippen LogP contribution in [0, 0.1) is 0 Å². The molecule has 0 spiro atoms. The van der Waals surface area contributed by atoms with Crippen molar-refractivity contribution in [1.29, 1.82) is 0 Å². The minimum Gasteiger partial charge on any atom is -0.369 e. The van der Waals surface area contributed by atoms with Crippen molar-refractivity contribution in [3.05, 3.63) is 24.4 Å². The maximum Gasteiger partial charge on any atom is 0.251 e. The number of hydrogen-bond acceptors (Lipinski definition) is 5. The number of fused-ring (bicyclic) bond motifs is 1. The van der Waals surface area contributed by atoms with E-state index in [2.05, 4.69) is 32.8 Å². The zero-order chi connectivity index (χ0) is 15.8.